The van der Waals surface area contributed by atoms with E-state index in [0.29, 0.717) is 5.56 Å². The van der Waals surface area contributed by atoms with Gasteiger partial charge in [-0.2, -0.15) is 0 Å². The summed E-state index contributed by atoms with van der Waals surface area (Å²) in [4.78, 5) is 11.6. The third-order valence-corrected chi connectivity index (χ3v) is 2.49. The van der Waals surface area contributed by atoms with Crippen LogP contribution in [0, 0.1) is 6.42 Å². The van der Waals surface area contributed by atoms with E-state index in [4.69, 9.17) is 4.74 Å². The Labute approximate surface area is 101 Å². The van der Waals surface area contributed by atoms with Crippen LogP contribution in [0.4, 0.5) is 0 Å². The fourth-order valence-electron chi connectivity index (χ4n) is 1.65. The van der Waals surface area contributed by atoms with E-state index < -0.39 is 0 Å². The number of benzene rings is 2. The third kappa shape index (κ3) is 2.72. The number of hydrogen-bond donors (Lipinski definition) is 0. The van der Waals surface area contributed by atoms with Crippen LogP contribution in [-0.2, 0) is 4.74 Å². The van der Waals surface area contributed by atoms with Crippen LogP contribution in [0.3, 0.4) is 0 Å². The molecule has 0 aliphatic heterocycles. The predicted molar refractivity (Wildman–Crippen MR) is 66.7 cm³/mol. The van der Waals surface area contributed by atoms with E-state index in [1.807, 2.05) is 55.0 Å². The van der Waals surface area contributed by atoms with Crippen molar-refractivity contribution in [2.75, 3.05) is 7.11 Å². The monoisotopic (exact) mass is 225 g/mol. The summed E-state index contributed by atoms with van der Waals surface area (Å²) in [5.41, 5.74) is 2.51. The molecule has 0 bridgehead atoms. The molecule has 0 amide bonds. The van der Waals surface area contributed by atoms with Gasteiger partial charge in [0.05, 0.1) is 12.7 Å². The highest BCUT2D eigenvalue weighted by atomic mass is 16.5. The molecule has 0 heterocycles. The normalized spacial score (nSPS) is 9.94. The second-order valence-electron chi connectivity index (χ2n) is 3.63. The molecule has 0 atom stereocenters. The zero-order valence-corrected chi connectivity index (χ0v) is 9.59. The SMILES string of the molecule is COC(=O)c1ccccc1[CH]c1ccccc1. The molecule has 2 aromatic carbocycles. The number of hydrogen-bond acceptors (Lipinski definition) is 2. The second kappa shape index (κ2) is 5.30. The maximum atomic E-state index is 11.6. The molecule has 0 aliphatic carbocycles. The Morgan fingerprint density at radius 3 is 2.35 bits per heavy atom. The van der Waals surface area contributed by atoms with Crippen LogP contribution in [0.15, 0.2) is 54.6 Å². The smallest absolute Gasteiger partial charge is 0.338 e. The maximum Gasteiger partial charge on any atom is 0.338 e. The van der Waals surface area contributed by atoms with Gasteiger partial charge in [0.2, 0.25) is 0 Å². The molecular weight excluding hydrogens is 212 g/mol. The number of esters is 1. The molecule has 0 unspecified atom stereocenters. The van der Waals surface area contributed by atoms with Gasteiger partial charge in [-0.05, 0) is 17.2 Å². The van der Waals surface area contributed by atoms with Gasteiger partial charge in [0.1, 0.15) is 0 Å². The van der Waals surface area contributed by atoms with Crippen LogP contribution in [-0.4, -0.2) is 13.1 Å². The Morgan fingerprint density at radius 2 is 1.65 bits per heavy atom. The van der Waals surface area contributed by atoms with E-state index in [0.717, 1.165) is 11.1 Å². The largest absolute Gasteiger partial charge is 0.465 e. The summed E-state index contributed by atoms with van der Waals surface area (Å²) in [6.07, 6.45) is 1.96. The summed E-state index contributed by atoms with van der Waals surface area (Å²) >= 11 is 0. The van der Waals surface area contributed by atoms with E-state index in [1.165, 1.54) is 7.11 Å². The Hall–Kier alpha value is -2.09. The van der Waals surface area contributed by atoms with Gasteiger partial charge in [-0.3, -0.25) is 0 Å². The molecule has 0 fully saturated rings. The van der Waals surface area contributed by atoms with E-state index in [2.05, 4.69) is 0 Å². The highest BCUT2D eigenvalue weighted by Crippen LogP contribution is 2.16. The Bertz CT molecular complexity index is 503. The maximum absolute atomic E-state index is 11.6. The lowest BCUT2D eigenvalue weighted by Crippen LogP contribution is -2.05. The first-order valence-electron chi connectivity index (χ1n) is 5.38. The Kier molecular flexibility index (Phi) is 3.55. The van der Waals surface area contributed by atoms with Crippen molar-refractivity contribution in [3.05, 3.63) is 77.7 Å². The van der Waals surface area contributed by atoms with Crippen molar-refractivity contribution in [3.63, 3.8) is 0 Å². The summed E-state index contributed by atoms with van der Waals surface area (Å²) in [5, 5.41) is 0. The second-order valence-corrected chi connectivity index (χ2v) is 3.63. The van der Waals surface area contributed by atoms with Gasteiger partial charge in [-0.1, -0.05) is 48.5 Å². The summed E-state index contributed by atoms with van der Waals surface area (Å²) in [6, 6.07) is 17.3. The van der Waals surface area contributed by atoms with E-state index in [1.54, 1.807) is 6.07 Å². The van der Waals surface area contributed by atoms with Crippen molar-refractivity contribution >= 4 is 5.97 Å². The molecule has 0 aromatic heterocycles. The van der Waals surface area contributed by atoms with Crippen LogP contribution in [0.1, 0.15) is 21.5 Å². The van der Waals surface area contributed by atoms with Gasteiger partial charge >= 0.3 is 5.97 Å². The van der Waals surface area contributed by atoms with Gasteiger partial charge in [-0.15, -0.1) is 0 Å². The Balaban J connectivity index is 2.30. The van der Waals surface area contributed by atoms with Gasteiger partial charge in [0.25, 0.3) is 0 Å². The highest BCUT2D eigenvalue weighted by molar-refractivity contribution is 5.91. The number of carbonyl (C=O) groups is 1. The van der Waals surface area contributed by atoms with Crippen molar-refractivity contribution in [2.45, 2.75) is 0 Å². The first kappa shape index (κ1) is 11.4. The lowest BCUT2D eigenvalue weighted by Gasteiger charge is -2.07. The minimum absolute atomic E-state index is 0.312. The van der Waals surface area contributed by atoms with Crippen molar-refractivity contribution in [3.8, 4) is 0 Å². The molecule has 0 saturated carbocycles. The van der Waals surface area contributed by atoms with Gasteiger partial charge < -0.3 is 4.74 Å². The van der Waals surface area contributed by atoms with E-state index >= 15 is 0 Å². The van der Waals surface area contributed by atoms with Crippen molar-refractivity contribution in [1.29, 1.82) is 0 Å². The van der Waals surface area contributed by atoms with Gasteiger partial charge in [-0.25, -0.2) is 4.79 Å². The molecule has 2 aromatic rings. The minimum atomic E-state index is -0.312. The van der Waals surface area contributed by atoms with Gasteiger partial charge in [0.15, 0.2) is 0 Å². The standard InChI is InChI=1S/C15H13O2/c1-17-15(16)14-10-6-5-9-13(14)11-12-7-3-2-4-8-12/h2-11H,1H3. The molecule has 1 radical (unpaired) electrons. The average Bonchev–Trinajstić information content (AvgIpc) is 2.40. The number of carbonyl (C=O) groups excluding carboxylic acids is 1. The van der Waals surface area contributed by atoms with Crippen molar-refractivity contribution in [1.82, 2.24) is 0 Å². The van der Waals surface area contributed by atoms with Gasteiger partial charge in [0, 0.05) is 6.42 Å². The van der Waals surface area contributed by atoms with Crippen LogP contribution in [0.2, 0.25) is 0 Å². The summed E-state index contributed by atoms with van der Waals surface area (Å²) in [5.74, 6) is -0.312. The lowest BCUT2D eigenvalue weighted by molar-refractivity contribution is 0.0600. The Morgan fingerprint density at radius 1 is 1.00 bits per heavy atom. The third-order valence-electron chi connectivity index (χ3n) is 2.49. The number of methoxy groups -OCH3 is 1. The molecular formula is C15H13O2. The van der Waals surface area contributed by atoms with Crippen molar-refractivity contribution < 1.29 is 9.53 Å². The highest BCUT2D eigenvalue weighted by Gasteiger charge is 2.10. The zero-order valence-electron chi connectivity index (χ0n) is 9.59. The zero-order chi connectivity index (χ0) is 12.1. The topological polar surface area (TPSA) is 26.3 Å². The summed E-state index contributed by atoms with van der Waals surface area (Å²) in [6.45, 7) is 0. The molecule has 2 heteroatoms. The van der Waals surface area contributed by atoms with Crippen molar-refractivity contribution in [2.24, 2.45) is 0 Å². The summed E-state index contributed by atoms with van der Waals surface area (Å²) < 4.78 is 4.76. The van der Waals surface area contributed by atoms with Crippen LogP contribution in [0.5, 0.6) is 0 Å². The predicted octanol–water partition coefficient (Wildman–Crippen LogP) is 3.07. The fourth-order valence-corrected chi connectivity index (χ4v) is 1.65. The van der Waals surface area contributed by atoms with Crippen LogP contribution in [0.25, 0.3) is 0 Å². The average molecular weight is 225 g/mol. The molecule has 85 valence electrons. The first-order valence-corrected chi connectivity index (χ1v) is 5.38. The van der Waals surface area contributed by atoms with E-state index in [-0.39, 0.29) is 5.97 Å². The quantitative estimate of drug-likeness (QED) is 0.750. The molecule has 0 spiro atoms. The minimum Gasteiger partial charge on any atom is -0.465 e. The molecule has 0 aliphatic rings. The molecule has 0 N–H and O–H groups in total. The number of ether oxygens (including phenoxy) is 1. The van der Waals surface area contributed by atoms with Crippen LogP contribution < -0.4 is 0 Å². The number of rotatable bonds is 3. The molecule has 2 nitrogen and oxygen atoms in total. The molecule has 2 rings (SSSR count). The fraction of sp³-hybridized carbons (Fsp3) is 0.0667. The summed E-state index contributed by atoms with van der Waals surface area (Å²) in [7, 11) is 1.39. The molecule has 0 saturated heterocycles. The molecule has 17 heavy (non-hydrogen) atoms. The van der Waals surface area contributed by atoms with E-state index in [9.17, 15) is 4.79 Å². The lowest BCUT2D eigenvalue weighted by atomic mass is 10.00. The van der Waals surface area contributed by atoms with Crippen LogP contribution >= 0.6 is 0 Å². The first-order chi connectivity index (χ1) is 8.31.